The highest BCUT2D eigenvalue weighted by Gasteiger charge is 2.24. The zero-order valence-corrected chi connectivity index (χ0v) is 19.0. The van der Waals surface area contributed by atoms with Gasteiger partial charge in [0.05, 0.1) is 29.1 Å². The zero-order chi connectivity index (χ0) is 23.1. The van der Waals surface area contributed by atoms with Crippen molar-refractivity contribution in [1.82, 2.24) is 25.2 Å². The van der Waals surface area contributed by atoms with Gasteiger partial charge in [0.25, 0.3) is 5.91 Å². The SMILES string of the molecule is Cc1cc2c(NC(C)c3nc4ccc(Cl)cc4[nH]3)ccnc2cc1C(=O)N1CCNC(=O)C1. The van der Waals surface area contributed by atoms with E-state index in [9.17, 15) is 9.59 Å². The first kappa shape index (κ1) is 21.2. The molecule has 8 nitrogen and oxygen atoms in total. The number of benzene rings is 2. The van der Waals surface area contributed by atoms with Crippen LogP contribution in [0.25, 0.3) is 21.9 Å². The highest BCUT2D eigenvalue weighted by molar-refractivity contribution is 6.31. The highest BCUT2D eigenvalue weighted by atomic mass is 35.5. The second-order valence-electron chi connectivity index (χ2n) is 8.27. The quantitative estimate of drug-likeness (QED) is 0.428. The third-order valence-corrected chi connectivity index (χ3v) is 6.12. The Hall–Kier alpha value is -3.65. The number of fused-ring (bicyclic) bond motifs is 2. The number of rotatable bonds is 4. The monoisotopic (exact) mass is 462 g/mol. The number of hydrogen-bond acceptors (Lipinski definition) is 5. The summed E-state index contributed by atoms with van der Waals surface area (Å²) in [4.78, 5) is 38.8. The number of nitrogens with zero attached hydrogens (tertiary/aromatic N) is 3. The Labute approximate surface area is 195 Å². The fourth-order valence-electron chi connectivity index (χ4n) is 4.15. The zero-order valence-electron chi connectivity index (χ0n) is 18.3. The normalized spacial score (nSPS) is 15.0. The van der Waals surface area contributed by atoms with Crippen LogP contribution in [-0.2, 0) is 4.79 Å². The summed E-state index contributed by atoms with van der Waals surface area (Å²) in [6, 6.07) is 11.1. The summed E-state index contributed by atoms with van der Waals surface area (Å²) in [5, 5.41) is 7.82. The molecule has 0 bridgehead atoms. The molecule has 2 amide bonds. The molecule has 9 heteroatoms. The lowest BCUT2D eigenvalue weighted by Crippen LogP contribution is -2.50. The van der Waals surface area contributed by atoms with E-state index in [0.29, 0.717) is 29.2 Å². The van der Waals surface area contributed by atoms with Crippen molar-refractivity contribution in [1.29, 1.82) is 0 Å². The predicted octanol–water partition coefficient (Wildman–Crippen LogP) is 3.82. The Morgan fingerprint density at radius 1 is 1.21 bits per heavy atom. The highest BCUT2D eigenvalue weighted by Crippen LogP contribution is 2.29. The molecule has 168 valence electrons. The second kappa shape index (κ2) is 8.37. The first-order valence-electron chi connectivity index (χ1n) is 10.8. The van der Waals surface area contributed by atoms with E-state index in [4.69, 9.17) is 11.6 Å². The standard InChI is InChI=1S/C24H23ClN6O2/c1-13-9-17-18(28-14(2)23-29-19-4-3-15(25)10-21(19)30-23)5-6-26-20(17)11-16(13)24(33)31-8-7-27-22(32)12-31/h3-6,9-11,14H,7-8,12H2,1-2H3,(H,26,28)(H,27,32)(H,29,30). The number of imidazole rings is 1. The Kier molecular flexibility index (Phi) is 5.38. The van der Waals surface area contributed by atoms with Crippen molar-refractivity contribution in [3.8, 4) is 0 Å². The van der Waals surface area contributed by atoms with Crippen molar-refractivity contribution in [2.45, 2.75) is 19.9 Å². The van der Waals surface area contributed by atoms with Crippen molar-refractivity contribution < 1.29 is 9.59 Å². The summed E-state index contributed by atoms with van der Waals surface area (Å²) in [5.41, 5.74) is 4.73. The number of aromatic amines is 1. The maximum atomic E-state index is 13.0. The predicted molar refractivity (Wildman–Crippen MR) is 129 cm³/mol. The van der Waals surface area contributed by atoms with Crippen LogP contribution in [0, 0.1) is 6.92 Å². The molecule has 2 aromatic heterocycles. The molecule has 5 rings (SSSR count). The molecule has 33 heavy (non-hydrogen) atoms. The number of piperazine rings is 1. The van der Waals surface area contributed by atoms with Gasteiger partial charge < -0.3 is 20.5 Å². The van der Waals surface area contributed by atoms with Crippen LogP contribution in [-0.4, -0.2) is 51.3 Å². The Morgan fingerprint density at radius 2 is 2.06 bits per heavy atom. The number of hydrogen-bond donors (Lipinski definition) is 3. The molecule has 1 aliphatic heterocycles. The third-order valence-electron chi connectivity index (χ3n) is 5.89. The van der Waals surface area contributed by atoms with E-state index < -0.39 is 0 Å². The molecule has 1 unspecified atom stereocenters. The van der Waals surface area contributed by atoms with Gasteiger partial charge in [0.2, 0.25) is 5.91 Å². The smallest absolute Gasteiger partial charge is 0.254 e. The first-order valence-corrected chi connectivity index (χ1v) is 11.1. The molecule has 3 N–H and O–H groups in total. The van der Waals surface area contributed by atoms with Gasteiger partial charge in [-0.2, -0.15) is 0 Å². The first-order chi connectivity index (χ1) is 15.9. The van der Waals surface area contributed by atoms with Crippen LogP contribution < -0.4 is 10.6 Å². The number of carbonyl (C=O) groups excluding carboxylic acids is 2. The summed E-state index contributed by atoms with van der Waals surface area (Å²) >= 11 is 6.09. The Balaban J connectivity index is 1.44. The maximum absolute atomic E-state index is 13.0. The van der Waals surface area contributed by atoms with Gasteiger partial charge in [0, 0.05) is 40.9 Å². The summed E-state index contributed by atoms with van der Waals surface area (Å²) in [6.07, 6.45) is 1.72. The molecule has 1 saturated heterocycles. The Bertz CT molecular complexity index is 1400. The van der Waals surface area contributed by atoms with Crippen LogP contribution in [0.4, 0.5) is 5.69 Å². The van der Waals surface area contributed by atoms with Gasteiger partial charge in [-0.05, 0) is 55.8 Å². The van der Waals surface area contributed by atoms with E-state index in [1.807, 2.05) is 44.2 Å². The molecule has 3 heterocycles. The molecule has 0 saturated carbocycles. The van der Waals surface area contributed by atoms with Crippen LogP contribution in [0.15, 0.2) is 42.6 Å². The lowest BCUT2D eigenvalue weighted by atomic mass is 10.0. The summed E-state index contributed by atoms with van der Waals surface area (Å²) in [6.45, 7) is 4.97. The van der Waals surface area contributed by atoms with Gasteiger partial charge in [-0.25, -0.2) is 4.98 Å². The molecule has 1 fully saturated rings. The number of anilines is 1. The van der Waals surface area contributed by atoms with Gasteiger partial charge in [0.1, 0.15) is 5.82 Å². The molecule has 0 spiro atoms. The molecule has 0 aliphatic carbocycles. The van der Waals surface area contributed by atoms with E-state index in [2.05, 4.69) is 25.6 Å². The van der Waals surface area contributed by atoms with Crippen LogP contribution >= 0.6 is 11.6 Å². The molecule has 0 radical (unpaired) electrons. The van der Waals surface area contributed by atoms with Gasteiger partial charge in [-0.15, -0.1) is 0 Å². The van der Waals surface area contributed by atoms with Gasteiger partial charge >= 0.3 is 0 Å². The summed E-state index contributed by atoms with van der Waals surface area (Å²) < 4.78 is 0. The van der Waals surface area contributed by atoms with E-state index in [0.717, 1.165) is 33.5 Å². The Morgan fingerprint density at radius 3 is 2.88 bits per heavy atom. The second-order valence-corrected chi connectivity index (χ2v) is 8.71. The molecule has 2 aromatic carbocycles. The van der Waals surface area contributed by atoms with Gasteiger partial charge in [0.15, 0.2) is 0 Å². The van der Waals surface area contributed by atoms with E-state index in [1.54, 1.807) is 17.2 Å². The number of amides is 2. The van der Waals surface area contributed by atoms with Crippen molar-refractivity contribution in [3.05, 3.63) is 64.6 Å². The minimum atomic E-state index is -0.154. The van der Waals surface area contributed by atoms with Crippen LogP contribution in [0.1, 0.15) is 34.7 Å². The number of nitrogens with one attached hydrogen (secondary N) is 3. The van der Waals surface area contributed by atoms with Crippen LogP contribution in [0.2, 0.25) is 5.02 Å². The average Bonchev–Trinajstić information content (AvgIpc) is 3.22. The average molecular weight is 463 g/mol. The minimum Gasteiger partial charge on any atom is -0.375 e. The fourth-order valence-corrected chi connectivity index (χ4v) is 4.32. The minimum absolute atomic E-state index is 0.0750. The number of pyridine rings is 1. The number of carbonyl (C=O) groups is 2. The van der Waals surface area contributed by atoms with E-state index in [1.165, 1.54) is 0 Å². The number of aromatic nitrogens is 3. The van der Waals surface area contributed by atoms with Crippen LogP contribution in [0.5, 0.6) is 0 Å². The number of halogens is 1. The fraction of sp³-hybridized carbons (Fsp3) is 0.250. The maximum Gasteiger partial charge on any atom is 0.254 e. The largest absolute Gasteiger partial charge is 0.375 e. The lowest BCUT2D eigenvalue weighted by Gasteiger charge is -2.27. The van der Waals surface area contributed by atoms with Crippen LogP contribution in [0.3, 0.4) is 0 Å². The van der Waals surface area contributed by atoms with Gasteiger partial charge in [-0.1, -0.05) is 11.6 Å². The van der Waals surface area contributed by atoms with Crippen molar-refractivity contribution in [2.75, 3.05) is 25.0 Å². The molecular formula is C24H23ClN6O2. The van der Waals surface area contributed by atoms with Gasteiger partial charge in [-0.3, -0.25) is 14.6 Å². The van der Waals surface area contributed by atoms with E-state index >= 15 is 0 Å². The topological polar surface area (TPSA) is 103 Å². The summed E-state index contributed by atoms with van der Waals surface area (Å²) in [5.74, 6) is 0.502. The molecular weight excluding hydrogens is 440 g/mol. The molecule has 1 aliphatic rings. The molecule has 4 aromatic rings. The van der Waals surface area contributed by atoms with Crippen molar-refractivity contribution in [2.24, 2.45) is 0 Å². The van der Waals surface area contributed by atoms with Crippen molar-refractivity contribution in [3.63, 3.8) is 0 Å². The molecule has 1 atom stereocenters. The number of aryl methyl sites for hydroxylation is 1. The van der Waals surface area contributed by atoms with E-state index in [-0.39, 0.29) is 24.4 Å². The summed E-state index contributed by atoms with van der Waals surface area (Å²) in [7, 11) is 0. The number of H-pyrrole nitrogens is 1. The third kappa shape index (κ3) is 4.09. The lowest BCUT2D eigenvalue weighted by molar-refractivity contribution is -0.123. The van der Waals surface area contributed by atoms with Crippen molar-refractivity contribution >= 4 is 51.0 Å².